The molecule has 0 spiro atoms. The van der Waals surface area contributed by atoms with E-state index in [0.717, 1.165) is 6.07 Å². The summed E-state index contributed by atoms with van der Waals surface area (Å²) in [4.78, 5) is -1.30. The van der Waals surface area contributed by atoms with Gasteiger partial charge in [0.2, 0.25) is 10.0 Å². The average Bonchev–Trinajstić information content (AvgIpc) is 2.27. The quantitative estimate of drug-likeness (QED) is 0.804. The first-order valence-electron chi connectivity index (χ1n) is 5.14. The zero-order valence-electron chi connectivity index (χ0n) is 9.56. The van der Waals surface area contributed by atoms with Crippen molar-refractivity contribution in [2.75, 3.05) is 19.7 Å². The van der Waals surface area contributed by atoms with Gasteiger partial charge in [-0.15, -0.1) is 0 Å². The topological polar surface area (TPSA) is 57.6 Å². The molecule has 0 atom stereocenters. The maximum absolute atomic E-state index is 13.4. The fourth-order valence-corrected chi connectivity index (χ4v) is 2.95. The molecular formula is C10H11F4NO3S. The number of aliphatic hydroxyl groups excluding tert-OH is 1. The number of sulfonamides is 1. The number of hydrogen-bond acceptors (Lipinski definition) is 3. The zero-order valence-corrected chi connectivity index (χ0v) is 10.4. The number of aliphatic hydroxyl groups is 1. The molecule has 0 heterocycles. The minimum atomic E-state index is -4.78. The van der Waals surface area contributed by atoms with Gasteiger partial charge in [-0.1, -0.05) is 6.07 Å². The number of halogens is 4. The Morgan fingerprint density at radius 2 is 1.74 bits per heavy atom. The number of hydrogen-bond donors (Lipinski definition) is 1. The smallest absolute Gasteiger partial charge is 0.252 e. The van der Waals surface area contributed by atoms with Gasteiger partial charge in [-0.3, -0.25) is 0 Å². The molecule has 0 aliphatic rings. The molecule has 4 nitrogen and oxygen atoms in total. The molecule has 0 bridgehead atoms. The van der Waals surface area contributed by atoms with E-state index in [4.69, 9.17) is 5.11 Å². The van der Waals surface area contributed by atoms with E-state index in [0.29, 0.717) is 12.1 Å². The van der Waals surface area contributed by atoms with Crippen LogP contribution in [0.15, 0.2) is 23.1 Å². The van der Waals surface area contributed by atoms with Crippen molar-refractivity contribution >= 4 is 10.0 Å². The van der Waals surface area contributed by atoms with E-state index in [1.807, 2.05) is 0 Å². The van der Waals surface area contributed by atoms with E-state index in [1.165, 1.54) is 0 Å². The first-order chi connectivity index (χ1) is 8.80. The average molecular weight is 301 g/mol. The van der Waals surface area contributed by atoms with E-state index >= 15 is 0 Å². The molecule has 108 valence electrons. The van der Waals surface area contributed by atoms with Crippen molar-refractivity contribution in [3.63, 3.8) is 0 Å². The van der Waals surface area contributed by atoms with Gasteiger partial charge in [0.15, 0.2) is 4.90 Å². The molecule has 0 saturated carbocycles. The van der Waals surface area contributed by atoms with Crippen LogP contribution in [0.1, 0.15) is 0 Å². The summed E-state index contributed by atoms with van der Waals surface area (Å²) in [5, 5.41) is 8.66. The Morgan fingerprint density at radius 1 is 1.21 bits per heavy atom. The van der Waals surface area contributed by atoms with E-state index in [1.54, 1.807) is 0 Å². The van der Waals surface area contributed by atoms with Gasteiger partial charge in [-0.05, 0) is 12.1 Å². The van der Waals surface area contributed by atoms with Crippen molar-refractivity contribution in [2.24, 2.45) is 0 Å². The van der Waals surface area contributed by atoms with Crippen molar-refractivity contribution in [3.8, 4) is 0 Å². The van der Waals surface area contributed by atoms with Crippen molar-refractivity contribution in [2.45, 2.75) is 11.3 Å². The van der Waals surface area contributed by atoms with Gasteiger partial charge in [0.05, 0.1) is 13.2 Å². The van der Waals surface area contributed by atoms with Crippen molar-refractivity contribution in [1.29, 1.82) is 0 Å². The van der Waals surface area contributed by atoms with E-state index in [2.05, 4.69) is 0 Å². The second kappa shape index (κ2) is 6.31. The molecule has 0 saturated heterocycles. The lowest BCUT2D eigenvalue weighted by molar-refractivity contribution is 0.112. The van der Waals surface area contributed by atoms with E-state index < -0.39 is 52.7 Å². The molecule has 0 aromatic heterocycles. The molecule has 0 aliphatic carbocycles. The monoisotopic (exact) mass is 301 g/mol. The summed E-state index contributed by atoms with van der Waals surface area (Å²) in [6, 6.07) is 2.36. The van der Waals surface area contributed by atoms with Gasteiger partial charge < -0.3 is 5.11 Å². The number of benzene rings is 1. The van der Waals surface area contributed by atoms with Crippen LogP contribution in [-0.4, -0.2) is 44.0 Å². The summed E-state index contributed by atoms with van der Waals surface area (Å²) in [5.41, 5.74) is 0. The molecule has 0 fully saturated rings. The van der Waals surface area contributed by atoms with Gasteiger partial charge in [0.1, 0.15) is 11.6 Å². The molecule has 1 aromatic rings. The molecule has 19 heavy (non-hydrogen) atoms. The minimum Gasteiger partial charge on any atom is -0.395 e. The summed E-state index contributed by atoms with van der Waals surface area (Å²) in [7, 11) is -4.78. The molecular weight excluding hydrogens is 290 g/mol. The highest BCUT2D eigenvalue weighted by atomic mass is 32.2. The second-order valence-corrected chi connectivity index (χ2v) is 5.40. The Labute approximate surface area is 107 Å². The zero-order chi connectivity index (χ0) is 14.6. The van der Waals surface area contributed by atoms with E-state index in [-0.39, 0.29) is 4.31 Å². The van der Waals surface area contributed by atoms with Gasteiger partial charge in [0, 0.05) is 6.54 Å². The maximum atomic E-state index is 13.4. The van der Waals surface area contributed by atoms with Gasteiger partial charge >= 0.3 is 0 Å². The predicted molar refractivity (Wildman–Crippen MR) is 58.2 cm³/mol. The van der Waals surface area contributed by atoms with Crippen molar-refractivity contribution in [3.05, 3.63) is 29.8 Å². The van der Waals surface area contributed by atoms with Crippen LogP contribution in [0.4, 0.5) is 17.6 Å². The Bertz CT molecular complexity index is 515. The molecule has 0 amide bonds. The highest BCUT2D eigenvalue weighted by Gasteiger charge is 2.32. The molecule has 0 aliphatic heterocycles. The molecule has 1 N–H and O–H groups in total. The second-order valence-electron chi connectivity index (χ2n) is 3.53. The Kier molecular flexibility index (Phi) is 5.27. The summed E-state index contributed by atoms with van der Waals surface area (Å²) in [6.07, 6.45) is -3.03. The van der Waals surface area contributed by atoms with Crippen LogP contribution < -0.4 is 0 Å². The first-order valence-corrected chi connectivity index (χ1v) is 6.58. The van der Waals surface area contributed by atoms with Crippen LogP contribution in [0.5, 0.6) is 0 Å². The SMILES string of the molecule is O=S(=O)(c1c(F)cccc1F)N(CCO)CC(F)F. The molecule has 9 heteroatoms. The first kappa shape index (κ1) is 15.9. The maximum Gasteiger partial charge on any atom is 0.252 e. The number of alkyl halides is 2. The van der Waals surface area contributed by atoms with Crippen LogP contribution in [0.2, 0.25) is 0 Å². The number of nitrogens with zero attached hydrogens (tertiary/aromatic N) is 1. The third kappa shape index (κ3) is 3.64. The molecule has 0 unspecified atom stereocenters. The summed E-state index contributed by atoms with van der Waals surface area (Å²) < 4.78 is 75.3. The van der Waals surface area contributed by atoms with Crippen molar-refractivity contribution in [1.82, 2.24) is 4.31 Å². The molecule has 1 aromatic carbocycles. The number of rotatable bonds is 6. The van der Waals surface area contributed by atoms with Crippen LogP contribution in [0.3, 0.4) is 0 Å². The highest BCUT2D eigenvalue weighted by molar-refractivity contribution is 7.89. The third-order valence-electron chi connectivity index (χ3n) is 2.21. The lowest BCUT2D eigenvalue weighted by Crippen LogP contribution is -2.38. The van der Waals surface area contributed by atoms with Gasteiger partial charge in [0.25, 0.3) is 6.43 Å². The summed E-state index contributed by atoms with van der Waals surface area (Å²) in [6.45, 7) is -2.68. The van der Waals surface area contributed by atoms with Gasteiger partial charge in [-0.2, -0.15) is 4.31 Å². The lowest BCUT2D eigenvalue weighted by Gasteiger charge is -2.21. The van der Waals surface area contributed by atoms with Crippen LogP contribution in [0, 0.1) is 11.6 Å². The largest absolute Gasteiger partial charge is 0.395 e. The van der Waals surface area contributed by atoms with Crippen molar-refractivity contribution < 1.29 is 31.1 Å². The van der Waals surface area contributed by atoms with Crippen LogP contribution >= 0.6 is 0 Å². The van der Waals surface area contributed by atoms with E-state index in [9.17, 15) is 26.0 Å². The minimum absolute atomic E-state index is 0.138. The summed E-state index contributed by atoms with van der Waals surface area (Å²) in [5.74, 6) is -2.76. The molecule has 0 radical (unpaired) electrons. The third-order valence-corrected chi connectivity index (χ3v) is 4.13. The normalized spacial score (nSPS) is 12.4. The fraction of sp³-hybridized carbons (Fsp3) is 0.400. The van der Waals surface area contributed by atoms with Crippen LogP contribution in [0.25, 0.3) is 0 Å². The Morgan fingerprint density at radius 3 is 2.16 bits per heavy atom. The Balaban J connectivity index is 3.27. The van der Waals surface area contributed by atoms with Crippen LogP contribution in [-0.2, 0) is 10.0 Å². The Hall–Kier alpha value is -1.19. The predicted octanol–water partition coefficient (Wildman–Crippen LogP) is 1.21. The standard InChI is InChI=1S/C10H11F4NO3S/c11-7-2-1-3-8(12)10(7)19(17,18)15(4-5-16)6-9(13)14/h1-3,9,16H,4-6H2. The molecule has 1 rings (SSSR count). The lowest BCUT2D eigenvalue weighted by atomic mass is 10.3. The highest BCUT2D eigenvalue weighted by Crippen LogP contribution is 2.22. The fourth-order valence-electron chi connectivity index (χ4n) is 1.43. The van der Waals surface area contributed by atoms with Gasteiger partial charge in [-0.25, -0.2) is 26.0 Å². The summed E-state index contributed by atoms with van der Waals surface area (Å²) >= 11 is 0.